The highest BCUT2D eigenvalue weighted by Gasteiger charge is 2.48. The Morgan fingerprint density at radius 2 is 0.747 bits per heavy atom. The fraction of sp³-hybridized carbons (Fsp3) is 0.493. The smallest absolute Gasteiger partial charge is 0.261 e. The minimum absolute atomic E-state index is 0. The number of benzene rings is 5. The third kappa shape index (κ3) is 22.1. The van der Waals surface area contributed by atoms with Gasteiger partial charge in [0.15, 0.2) is 0 Å². The molecule has 0 saturated carbocycles. The Morgan fingerprint density at radius 3 is 1.02 bits per heavy atom. The summed E-state index contributed by atoms with van der Waals surface area (Å²) in [7, 11) is 5.90. The van der Waals surface area contributed by atoms with E-state index in [4.69, 9.17) is 5.73 Å². The van der Waals surface area contributed by atoms with Crippen molar-refractivity contribution in [3.63, 3.8) is 0 Å². The highest BCUT2D eigenvalue weighted by molar-refractivity contribution is 9.09. The summed E-state index contributed by atoms with van der Waals surface area (Å²) in [6.45, 7) is 7.00. The van der Waals surface area contributed by atoms with Crippen LogP contribution in [0.25, 0.3) is 0 Å². The first-order valence-corrected chi connectivity index (χ1v) is 35.2. The van der Waals surface area contributed by atoms with E-state index in [0.29, 0.717) is 72.6 Å². The van der Waals surface area contributed by atoms with Crippen LogP contribution in [0.3, 0.4) is 0 Å². The summed E-state index contributed by atoms with van der Waals surface area (Å²) >= 11 is 6.91. The number of alkyl halides is 2. The molecule has 0 aromatic heterocycles. The molecule has 9 rings (SSSR count). The Balaban J connectivity index is 0.000000249. The lowest BCUT2D eigenvalue weighted by Crippen LogP contribution is -2.49. The molecule has 4 aliphatic heterocycles. The lowest BCUT2D eigenvalue weighted by Gasteiger charge is -2.37. The van der Waals surface area contributed by atoms with Crippen LogP contribution in [-0.2, 0) is 10.2 Å². The van der Waals surface area contributed by atoms with E-state index in [1.165, 1.54) is 128 Å². The summed E-state index contributed by atoms with van der Waals surface area (Å²) in [5.74, 6) is -1.17. The summed E-state index contributed by atoms with van der Waals surface area (Å²) in [6, 6.07) is 40.9. The van der Waals surface area contributed by atoms with Gasteiger partial charge in [0, 0.05) is 49.9 Å². The summed E-state index contributed by atoms with van der Waals surface area (Å²) in [4.78, 5) is 94.5. The number of carbonyl (C=O) groups excluding carboxylic acids is 7. The molecule has 5 aromatic carbocycles. The van der Waals surface area contributed by atoms with E-state index in [-0.39, 0.29) is 59.7 Å². The second kappa shape index (κ2) is 41.6. The molecule has 1 saturated heterocycles. The summed E-state index contributed by atoms with van der Waals surface area (Å²) < 4.78 is 0. The van der Waals surface area contributed by atoms with E-state index in [2.05, 4.69) is 66.4 Å². The maximum absolute atomic E-state index is 12.6. The third-order valence-corrected chi connectivity index (χ3v) is 18.6. The van der Waals surface area contributed by atoms with Gasteiger partial charge in [-0.3, -0.25) is 48.3 Å². The van der Waals surface area contributed by atoms with Crippen LogP contribution in [0.4, 0.5) is 0 Å². The molecule has 0 spiro atoms. The average molecular weight is 1400 g/mol. The van der Waals surface area contributed by atoms with Crippen LogP contribution in [0.1, 0.15) is 195 Å². The molecule has 1 fully saturated rings. The quantitative estimate of drug-likeness (QED) is 0.0199. The SMILES string of the molecule is BrCCCCCCCCCCCBr.CN(CCCCCCCCCCCN(C)CCN1C(=O)c2ccccc2C1=O)CCN1C(=O)c2ccccc2C1=O.CNCCN1C(=O)c2ccccc2C1=O.Cl.NC(=O)C(c1ccccc1)(c1ccccc1)[C@@H]1CCNC1. The molecule has 1 atom stereocenters. The van der Waals surface area contributed by atoms with Gasteiger partial charge in [0.2, 0.25) is 5.91 Å². The molecule has 15 nitrogen and oxygen atoms in total. The zero-order chi connectivity index (χ0) is 64.5. The van der Waals surface area contributed by atoms with Gasteiger partial charge in [0.1, 0.15) is 5.41 Å². The Bertz CT molecular complexity index is 2790. The number of fused-ring (bicyclic) bond motifs is 3. The molecular formula is C73H99Br2ClN8O7. The van der Waals surface area contributed by atoms with E-state index >= 15 is 0 Å². The molecule has 5 aromatic rings. The number of nitrogens with two attached hydrogens (primary N) is 1. The van der Waals surface area contributed by atoms with Gasteiger partial charge in [-0.25, -0.2) is 0 Å². The number of primary amides is 1. The maximum atomic E-state index is 12.6. The number of nitrogens with zero attached hydrogens (tertiary/aromatic N) is 5. The molecule has 4 N–H and O–H groups in total. The molecule has 91 heavy (non-hydrogen) atoms. The van der Waals surface area contributed by atoms with Crippen LogP contribution >= 0.6 is 44.3 Å². The van der Waals surface area contributed by atoms with Crippen LogP contribution in [0.2, 0.25) is 0 Å². The second-order valence-corrected chi connectivity index (χ2v) is 25.6. The van der Waals surface area contributed by atoms with Crippen molar-refractivity contribution in [1.82, 2.24) is 35.1 Å². The zero-order valence-corrected chi connectivity index (χ0v) is 58.0. The molecule has 4 heterocycles. The van der Waals surface area contributed by atoms with Crippen molar-refractivity contribution in [3.05, 3.63) is 178 Å². The summed E-state index contributed by atoms with van der Waals surface area (Å²) in [6.07, 6.45) is 24.6. The van der Waals surface area contributed by atoms with Crippen molar-refractivity contribution in [2.45, 2.75) is 127 Å². The fourth-order valence-electron chi connectivity index (χ4n) is 12.3. The molecule has 0 bridgehead atoms. The first-order chi connectivity index (χ1) is 43.8. The number of nitrogens with one attached hydrogen (secondary N) is 2. The molecule has 18 heteroatoms. The van der Waals surface area contributed by atoms with Gasteiger partial charge in [0.25, 0.3) is 35.4 Å². The van der Waals surface area contributed by atoms with Gasteiger partial charge in [-0.1, -0.05) is 219 Å². The predicted molar refractivity (Wildman–Crippen MR) is 376 cm³/mol. The Hall–Kier alpha value is -5.92. The predicted octanol–water partition coefficient (Wildman–Crippen LogP) is 13.2. The number of halogens is 3. The van der Waals surface area contributed by atoms with E-state index < -0.39 is 5.41 Å². The van der Waals surface area contributed by atoms with E-state index in [1.807, 2.05) is 60.7 Å². The standard InChI is InChI=1S/C33H44N4O4.C18H20N2O.C11H22Br2.C11H12N2O2.ClH/c1-34(22-24-36-30(38)26-16-10-11-17-27(26)31(36)39)20-14-8-6-4-3-5-7-9-15-21-35(2)23-25-37-32(40)28-18-12-13-19-29(28)33(37)41;19-17(21)18(16-11-12-20-13-16,14-7-3-1-4-8-14)15-9-5-2-6-10-15;12-10-8-6-4-2-1-3-5-7-9-11-13;1-12-6-7-13-10(14)8-4-2-3-5-9(8)11(13)15;/h10-13,16-19H,3-9,14-15,20-25H2,1-2H3;1-10,16,20H,11-13H2,(H2,19,21);1-11H2;2-5,12H,6-7H2,1H3;1H/t;16-;;;/m.1.../s1. The number of imide groups is 3. The number of likely N-dealkylation sites (N-methyl/N-ethyl adjacent to an activating group) is 3. The van der Waals surface area contributed by atoms with Crippen molar-refractivity contribution in [2.24, 2.45) is 11.7 Å². The highest BCUT2D eigenvalue weighted by atomic mass is 79.9. The average Bonchev–Trinajstić information content (AvgIpc) is 0.876. The lowest BCUT2D eigenvalue weighted by atomic mass is 9.65. The van der Waals surface area contributed by atoms with Gasteiger partial charge in [-0.15, -0.1) is 12.4 Å². The van der Waals surface area contributed by atoms with Gasteiger partial charge < -0.3 is 26.2 Å². The molecule has 0 radical (unpaired) electrons. The molecule has 7 amide bonds. The normalized spacial score (nSPS) is 14.8. The molecule has 494 valence electrons. The minimum Gasteiger partial charge on any atom is -0.369 e. The van der Waals surface area contributed by atoms with Gasteiger partial charge in [-0.05, 0) is 133 Å². The van der Waals surface area contributed by atoms with Crippen LogP contribution in [0.5, 0.6) is 0 Å². The largest absolute Gasteiger partial charge is 0.369 e. The first kappa shape index (κ1) is 75.8. The molecule has 4 aliphatic rings. The van der Waals surface area contributed by atoms with Gasteiger partial charge in [0.05, 0.1) is 33.4 Å². The lowest BCUT2D eigenvalue weighted by molar-refractivity contribution is -0.123. The van der Waals surface area contributed by atoms with Crippen LogP contribution in [-0.4, -0.2) is 163 Å². The number of hydrogen-bond acceptors (Lipinski definition) is 11. The van der Waals surface area contributed by atoms with Crippen molar-refractivity contribution in [3.8, 4) is 0 Å². The second-order valence-electron chi connectivity index (χ2n) is 24.0. The van der Waals surface area contributed by atoms with E-state index in [0.717, 1.165) is 56.6 Å². The minimum atomic E-state index is -0.758. The number of unbranched alkanes of at least 4 members (excludes halogenated alkanes) is 16. The summed E-state index contributed by atoms with van der Waals surface area (Å²) in [5.41, 5.74) is 10.3. The Labute approximate surface area is 565 Å². The number of amides is 7. The van der Waals surface area contributed by atoms with E-state index in [9.17, 15) is 33.6 Å². The van der Waals surface area contributed by atoms with Crippen molar-refractivity contribution in [1.29, 1.82) is 0 Å². The van der Waals surface area contributed by atoms with E-state index in [1.54, 1.807) is 79.8 Å². The maximum Gasteiger partial charge on any atom is 0.261 e. The van der Waals surface area contributed by atoms with Crippen molar-refractivity contribution >= 4 is 85.6 Å². The third-order valence-electron chi connectivity index (χ3n) is 17.5. The number of rotatable bonds is 35. The molecular weight excluding hydrogens is 1300 g/mol. The topological polar surface area (TPSA) is 186 Å². The zero-order valence-electron chi connectivity index (χ0n) is 54.0. The Morgan fingerprint density at radius 1 is 0.462 bits per heavy atom. The Kier molecular flexibility index (Phi) is 34.7. The van der Waals surface area contributed by atoms with Crippen molar-refractivity contribution in [2.75, 3.05) is 97.3 Å². The molecule has 0 unspecified atom stereocenters. The van der Waals surface area contributed by atoms with Gasteiger partial charge >= 0.3 is 0 Å². The van der Waals surface area contributed by atoms with Gasteiger partial charge in [-0.2, -0.15) is 0 Å². The summed E-state index contributed by atoms with van der Waals surface area (Å²) in [5, 5.41) is 8.64. The monoisotopic (exact) mass is 1390 g/mol. The van der Waals surface area contributed by atoms with Crippen LogP contribution in [0.15, 0.2) is 133 Å². The molecule has 0 aliphatic carbocycles. The highest BCUT2D eigenvalue weighted by Crippen LogP contribution is 2.42. The number of carbonyl (C=O) groups is 7. The first-order valence-electron chi connectivity index (χ1n) is 32.9. The van der Waals surface area contributed by atoms with Crippen LogP contribution < -0.4 is 16.4 Å². The van der Waals surface area contributed by atoms with Crippen LogP contribution in [0, 0.1) is 5.92 Å². The number of hydrogen-bond donors (Lipinski definition) is 3. The fourth-order valence-corrected chi connectivity index (χ4v) is 13.1. The van der Waals surface area contributed by atoms with Crippen molar-refractivity contribution < 1.29 is 33.6 Å².